The number of nitrogens with zero attached hydrogens (tertiary/aromatic N) is 3. The molecule has 9 rings (SSSR count). The third kappa shape index (κ3) is 5.16. The first-order chi connectivity index (χ1) is 23.3. The molecule has 4 aromatic carbocycles. The fourth-order valence-electron chi connectivity index (χ4n) is 7.30. The lowest BCUT2D eigenvalue weighted by Crippen LogP contribution is -2.19. The van der Waals surface area contributed by atoms with Gasteiger partial charge in [-0.25, -0.2) is 15.0 Å². The first-order valence-corrected chi connectivity index (χ1v) is 16.5. The van der Waals surface area contributed by atoms with E-state index < -0.39 is 0 Å². The second-order valence-corrected chi connectivity index (χ2v) is 12.6. The fraction of sp³-hybridized carbons (Fsp3) is 0.140. The minimum absolute atomic E-state index is 0.00392. The molecule has 0 N–H and O–H groups in total. The van der Waals surface area contributed by atoms with Gasteiger partial charge in [0, 0.05) is 22.6 Å². The largest absolute Gasteiger partial charge is 0.485 e. The molecule has 4 nitrogen and oxygen atoms in total. The van der Waals surface area contributed by atoms with Crippen LogP contribution >= 0.6 is 0 Å². The molecule has 5 aromatic rings. The molecule has 3 unspecified atom stereocenters. The summed E-state index contributed by atoms with van der Waals surface area (Å²) >= 11 is 0. The summed E-state index contributed by atoms with van der Waals surface area (Å²) in [5.74, 6) is 3.36. The van der Waals surface area contributed by atoms with Crippen molar-refractivity contribution < 1.29 is 4.74 Å². The van der Waals surface area contributed by atoms with Gasteiger partial charge in [-0.2, -0.15) is 0 Å². The van der Waals surface area contributed by atoms with Crippen LogP contribution in [0, 0.1) is 0 Å². The molecule has 1 aliphatic heterocycles. The number of hydrogen-bond acceptors (Lipinski definition) is 4. The van der Waals surface area contributed by atoms with Crippen LogP contribution in [-0.2, 0) is 6.42 Å². The van der Waals surface area contributed by atoms with Crippen molar-refractivity contribution in [3.8, 4) is 28.5 Å². The first-order valence-electron chi connectivity index (χ1n) is 16.5. The first kappa shape index (κ1) is 27.7. The van der Waals surface area contributed by atoms with Crippen LogP contribution in [0.3, 0.4) is 0 Å². The second-order valence-electron chi connectivity index (χ2n) is 12.6. The van der Waals surface area contributed by atoms with Crippen LogP contribution in [0.4, 0.5) is 0 Å². The Morgan fingerprint density at radius 3 is 2.36 bits per heavy atom. The predicted molar refractivity (Wildman–Crippen MR) is 190 cm³/mol. The topological polar surface area (TPSA) is 47.9 Å². The SMILES string of the molecule is C1=CCCC(c2ccc(-c3nc(-c4cccc(C5=CC=CC6Oc7ccccc7C56)c4)nc(C4C=Cc5ccccc5C4)n3)cc2)=C1. The van der Waals surface area contributed by atoms with Gasteiger partial charge >= 0.3 is 0 Å². The zero-order chi connectivity index (χ0) is 31.2. The number of aromatic nitrogens is 3. The van der Waals surface area contributed by atoms with E-state index in [-0.39, 0.29) is 17.9 Å². The van der Waals surface area contributed by atoms with Gasteiger partial charge in [0.25, 0.3) is 0 Å². The van der Waals surface area contributed by atoms with E-state index in [1.165, 1.54) is 33.4 Å². The molecular weight excluding hydrogens is 574 g/mol. The second kappa shape index (κ2) is 11.6. The quantitative estimate of drug-likeness (QED) is 0.200. The van der Waals surface area contributed by atoms with Gasteiger partial charge in [-0.1, -0.05) is 127 Å². The van der Waals surface area contributed by atoms with E-state index in [0.717, 1.165) is 47.5 Å². The number of hydrogen-bond donors (Lipinski definition) is 0. The van der Waals surface area contributed by atoms with Crippen molar-refractivity contribution in [3.05, 3.63) is 173 Å². The van der Waals surface area contributed by atoms with Crippen LogP contribution in [0.2, 0.25) is 0 Å². The molecule has 0 amide bonds. The van der Waals surface area contributed by atoms with Gasteiger partial charge in [0.2, 0.25) is 0 Å². The van der Waals surface area contributed by atoms with E-state index in [4.69, 9.17) is 19.7 Å². The Hall–Kier alpha value is -5.61. The Morgan fingerprint density at radius 1 is 0.660 bits per heavy atom. The number of benzene rings is 4. The standard InChI is InChI=1S/C43H33N3O/c1-2-10-28(11-3-1)30-20-23-31(24-21-30)41-44-42(46-43(45-41)35-25-22-29-12-4-5-13-32(29)26-35)34-15-8-14-33(27-34)36-17-9-19-39-40(36)37-16-6-7-18-38(37)47-39/h1-2,4-10,12-25,27,35,39-40H,3,11,26H2. The van der Waals surface area contributed by atoms with Crippen LogP contribution in [0.1, 0.15) is 58.3 Å². The van der Waals surface area contributed by atoms with Crippen molar-refractivity contribution in [3.63, 3.8) is 0 Å². The van der Waals surface area contributed by atoms with Crippen molar-refractivity contribution in [2.75, 3.05) is 0 Å². The molecule has 0 fully saturated rings. The van der Waals surface area contributed by atoms with Gasteiger partial charge in [0.05, 0.1) is 5.92 Å². The van der Waals surface area contributed by atoms with Gasteiger partial charge in [0.15, 0.2) is 11.6 Å². The van der Waals surface area contributed by atoms with Crippen LogP contribution in [0.25, 0.3) is 40.0 Å². The van der Waals surface area contributed by atoms with Crippen molar-refractivity contribution in [1.82, 2.24) is 15.0 Å². The van der Waals surface area contributed by atoms with E-state index in [2.05, 4.69) is 140 Å². The molecule has 0 radical (unpaired) electrons. The highest BCUT2D eigenvalue weighted by Crippen LogP contribution is 2.48. The van der Waals surface area contributed by atoms with Crippen LogP contribution < -0.4 is 4.74 Å². The van der Waals surface area contributed by atoms with Crippen molar-refractivity contribution in [1.29, 1.82) is 0 Å². The molecule has 4 aliphatic rings. The maximum Gasteiger partial charge on any atom is 0.163 e. The zero-order valence-corrected chi connectivity index (χ0v) is 26.0. The number of allylic oxidation sites excluding steroid dienone is 7. The maximum atomic E-state index is 6.32. The summed E-state index contributed by atoms with van der Waals surface area (Å²) in [4.78, 5) is 15.4. The fourth-order valence-corrected chi connectivity index (χ4v) is 7.30. The molecule has 0 bridgehead atoms. The van der Waals surface area contributed by atoms with Crippen LogP contribution in [0.5, 0.6) is 5.75 Å². The molecule has 226 valence electrons. The third-order valence-corrected chi connectivity index (χ3v) is 9.73. The molecule has 0 spiro atoms. The molecular formula is C43H33N3O. The highest BCUT2D eigenvalue weighted by molar-refractivity contribution is 5.80. The summed E-state index contributed by atoms with van der Waals surface area (Å²) in [6.07, 6.45) is 20.5. The normalized spacial score (nSPS) is 20.5. The summed E-state index contributed by atoms with van der Waals surface area (Å²) in [5, 5.41) is 0. The lowest BCUT2D eigenvalue weighted by atomic mass is 9.81. The number of para-hydroxylation sites is 1. The lowest BCUT2D eigenvalue weighted by Gasteiger charge is -2.23. The molecule has 2 heterocycles. The van der Waals surface area contributed by atoms with Crippen molar-refractivity contribution in [2.45, 2.75) is 37.2 Å². The van der Waals surface area contributed by atoms with Gasteiger partial charge in [-0.15, -0.1) is 0 Å². The predicted octanol–water partition coefficient (Wildman–Crippen LogP) is 9.79. The third-order valence-electron chi connectivity index (χ3n) is 9.73. The molecule has 3 aliphatic carbocycles. The minimum atomic E-state index is -0.00392. The van der Waals surface area contributed by atoms with E-state index >= 15 is 0 Å². The molecule has 0 saturated carbocycles. The van der Waals surface area contributed by atoms with E-state index in [0.29, 0.717) is 11.6 Å². The van der Waals surface area contributed by atoms with Gasteiger partial charge in [-0.3, -0.25) is 0 Å². The molecule has 3 atom stereocenters. The minimum Gasteiger partial charge on any atom is -0.485 e. The van der Waals surface area contributed by atoms with E-state index in [1.807, 2.05) is 6.07 Å². The Kier molecular flexibility index (Phi) is 6.85. The molecule has 1 aromatic heterocycles. The Morgan fingerprint density at radius 2 is 1.47 bits per heavy atom. The van der Waals surface area contributed by atoms with Gasteiger partial charge in [0.1, 0.15) is 17.7 Å². The van der Waals surface area contributed by atoms with Crippen LogP contribution in [-0.4, -0.2) is 21.1 Å². The number of fused-ring (bicyclic) bond motifs is 4. The number of rotatable bonds is 5. The Labute approximate surface area is 275 Å². The summed E-state index contributed by atoms with van der Waals surface area (Å²) in [6.45, 7) is 0. The monoisotopic (exact) mass is 607 g/mol. The summed E-state index contributed by atoms with van der Waals surface area (Å²) in [5.41, 5.74) is 10.8. The van der Waals surface area contributed by atoms with Gasteiger partial charge < -0.3 is 4.74 Å². The Balaban J connectivity index is 1.12. The Bertz CT molecular complexity index is 2170. The average Bonchev–Trinajstić information content (AvgIpc) is 3.54. The maximum absolute atomic E-state index is 6.32. The van der Waals surface area contributed by atoms with Crippen molar-refractivity contribution >= 4 is 17.2 Å². The number of ether oxygens (including phenoxy) is 1. The zero-order valence-electron chi connectivity index (χ0n) is 26.0. The van der Waals surface area contributed by atoms with E-state index in [1.54, 1.807) is 0 Å². The summed E-state index contributed by atoms with van der Waals surface area (Å²) in [6, 6.07) is 34.3. The van der Waals surface area contributed by atoms with Crippen molar-refractivity contribution in [2.24, 2.45) is 0 Å². The van der Waals surface area contributed by atoms with Gasteiger partial charge in [-0.05, 0) is 70.9 Å². The average molecular weight is 608 g/mol. The summed E-state index contributed by atoms with van der Waals surface area (Å²) in [7, 11) is 0. The smallest absolute Gasteiger partial charge is 0.163 e. The molecule has 4 heteroatoms. The lowest BCUT2D eigenvalue weighted by molar-refractivity contribution is 0.271. The highest BCUT2D eigenvalue weighted by atomic mass is 16.5. The molecule has 47 heavy (non-hydrogen) atoms. The summed E-state index contributed by atoms with van der Waals surface area (Å²) < 4.78 is 6.32. The van der Waals surface area contributed by atoms with E-state index in [9.17, 15) is 0 Å². The molecule has 0 saturated heterocycles. The highest BCUT2D eigenvalue weighted by Gasteiger charge is 2.37. The van der Waals surface area contributed by atoms with Crippen LogP contribution in [0.15, 0.2) is 140 Å².